The van der Waals surface area contributed by atoms with E-state index in [2.05, 4.69) is 4.98 Å². The van der Waals surface area contributed by atoms with Crippen molar-refractivity contribution in [3.05, 3.63) is 70.2 Å². The van der Waals surface area contributed by atoms with E-state index in [1.54, 1.807) is 31.7 Å². The number of likely N-dealkylation sites (N-methyl/N-ethyl adjacent to an activating group) is 1. The van der Waals surface area contributed by atoms with E-state index in [0.717, 1.165) is 11.1 Å². The fourth-order valence-electron chi connectivity index (χ4n) is 2.61. The van der Waals surface area contributed by atoms with Gasteiger partial charge in [0.25, 0.3) is 5.91 Å². The van der Waals surface area contributed by atoms with E-state index in [-0.39, 0.29) is 18.2 Å². The summed E-state index contributed by atoms with van der Waals surface area (Å²) in [5, 5.41) is 2.84. The largest absolute Gasteiger partial charge is 0.496 e. The first-order chi connectivity index (χ1) is 14.0. The van der Waals surface area contributed by atoms with Gasteiger partial charge in [-0.3, -0.25) is 4.79 Å². The highest BCUT2D eigenvalue weighted by atomic mass is 35.5. The Bertz CT molecular complexity index is 1020. The summed E-state index contributed by atoms with van der Waals surface area (Å²) in [5.41, 5.74) is 1.84. The number of nitrogens with zero attached hydrogens (tertiary/aromatic N) is 2. The fourth-order valence-corrected chi connectivity index (χ4v) is 3.59. The maximum Gasteiger partial charge on any atom is 0.358 e. The van der Waals surface area contributed by atoms with Gasteiger partial charge in [-0.25, -0.2) is 9.78 Å². The Labute approximate surface area is 177 Å². The Morgan fingerprint density at radius 3 is 2.72 bits per heavy atom. The molecule has 150 valence electrons. The second-order valence-electron chi connectivity index (χ2n) is 6.19. The van der Waals surface area contributed by atoms with E-state index in [4.69, 9.17) is 21.1 Å². The standard InChI is InChI=1S/C21H19ClN2O4S/c1-24(11-15-6-3-4-9-18(15)27-2)19(25)12-28-21(26)17-13-29-20(23-17)14-7-5-8-16(22)10-14/h3-10,13H,11-12H2,1-2H3. The zero-order valence-electron chi connectivity index (χ0n) is 15.9. The van der Waals surface area contributed by atoms with Crippen LogP contribution in [0.1, 0.15) is 16.1 Å². The Balaban J connectivity index is 1.57. The van der Waals surface area contributed by atoms with Gasteiger partial charge in [-0.2, -0.15) is 0 Å². The number of para-hydroxylation sites is 1. The zero-order chi connectivity index (χ0) is 20.8. The second kappa shape index (κ2) is 9.54. The van der Waals surface area contributed by atoms with Gasteiger partial charge in [0.15, 0.2) is 12.3 Å². The summed E-state index contributed by atoms with van der Waals surface area (Å²) >= 11 is 7.30. The molecule has 2 aromatic carbocycles. The van der Waals surface area contributed by atoms with Crippen molar-refractivity contribution in [3.8, 4) is 16.3 Å². The van der Waals surface area contributed by atoms with Crippen LogP contribution in [0.4, 0.5) is 0 Å². The minimum absolute atomic E-state index is 0.158. The maximum absolute atomic E-state index is 12.3. The van der Waals surface area contributed by atoms with Crippen molar-refractivity contribution in [2.75, 3.05) is 20.8 Å². The molecule has 1 heterocycles. The Kier molecular flexibility index (Phi) is 6.85. The van der Waals surface area contributed by atoms with Crippen LogP contribution in [0.3, 0.4) is 0 Å². The number of halogens is 1. The summed E-state index contributed by atoms with van der Waals surface area (Å²) < 4.78 is 10.4. The number of hydrogen-bond acceptors (Lipinski definition) is 6. The number of methoxy groups -OCH3 is 1. The molecule has 1 aromatic heterocycles. The SMILES string of the molecule is COc1ccccc1CN(C)C(=O)COC(=O)c1csc(-c2cccc(Cl)c2)n1. The third kappa shape index (κ3) is 5.34. The van der Waals surface area contributed by atoms with Crippen LogP contribution >= 0.6 is 22.9 Å². The number of carbonyl (C=O) groups excluding carboxylic acids is 2. The highest BCUT2D eigenvalue weighted by Gasteiger charge is 2.17. The number of amides is 1. The van der Waals surface area contributed by atoms with Crippen molar-refractivity contribution < 1.29 is 19.1 Å². The number of aromatic nitrogens is 1. The fraction of sp³-hybridized carbons (Fsp3) is 0.190. The third-order valence-corrected chi connectivity index (χ3v) is 5.26. The average molecular weight is 431 g/mol. The van der Waals surface area contributed by atoms with Gasteiger partial charge in [0.1, 0.15) is 10.8 Å². The van der Waals surface area contributed by atoms with E-state index >= 15 is 0 Å². The van der Waals surface area contributed by atoms with Crippen LogP contribution in [-0.2, 0) is 16.1 Å². The molecule has 0 bridgehead atoms. The third-order valence-electron chi connectivity index (χ3n) is 4.14. The lowest BCUT2D eigenvalue weighted by Gasteiger charge is -2.18. The lowest BCUT2D eigenvalue weighted by Crippen LogP contribution is -2.31. The van der Waals surface area contributed by atoms with Gasteiger partial charge < -0.3 is 14.4 Å². The molecule has 0 atom stereocenters. The molecule has 0 spiro atoms. The van der Waals surface area contributed by atoms with Crippen molar-refractivity contribution >= 4 is 34.8 Å². The quantitative estimate of drug-likeness (QED) is 0.523. The number of hydrogen-bond donors (Lipinski definition) is 0. The van der Waals surface area contributed by atoms with Gasteiger partial charge in [-0.05, 0) is 18.2 Å². The molecule has 0 saturated carbocycles. The molecule has 3 aromatic rings. The molecule has 3 rings (SSSR count). The van der Waals surface area contributed by atoms with E-state index in [1.165, 1.54) is 16.2 Å². The van der Waals surface area contributed by atoms with Crippen molar-refractivity contribution in [3.63, 3.8) is 0 Å². The van der Waals surface area contributed by atoms with Crippen molar-refractivity contribution in [1.82, 2.24) is 9.88 Å². The molecule has 1 amide bonds. The normalized spacial score (nSPS) is 10.4. The summed E-state index contributed by atoms with van der Waals surface area (Å²) in [4.78, 5) is 30.3. The van der Waals surface area contributed by atoms with E-state index < -0.39 is 5.97 Å². The van der Waals surface area contributed by atoms with Crippen LogP contribution < -0.4 is 4.74 Å². The molecule has 0 saturated heterocycles. The molecular weight excluding hydrogens is 412 g/mol. The number of ether oxygens (including phenoxy) is 2. The Hall–Kier alpha value is -2.90. The molecule has 0 N–H and O–H groups in total. The highest BCUT2D eigenvalue weighted by Crippen LogP contribution is 2.26. The van der Waals surface area contributed by atoms with Crippen molar-refractivity contribution in [2.45, 2.75) is 6.54 Å². The van der Waals surface area contributed by atoms with Gasteiger partial charge >= 0.3 is 5.97 Å². The van der Waals surface area contributed by atoms with Gasteiger partial charge in [0.05, 0.1) is 7.11 Å². The van der Waals surface area contributed by atoms with Gasteiger partial charge in [-0.15, -0.1) is 11.3 Å². The predicted octanol–water partition coefficient (Wildman–Crippen LogP) is 4.29. The number of esters is 1. The van der Waals surface area contributed by atoms with Gasteiger partial charge in [0.2, 0.25) is 0 Å². The molecule has 0 aliphatic rings. The van der Waals surface area contributed by atoms with Crippen LogP contribution in [0.15, 0.2) is 53.9 Å². The van der Waals surface area contributed by atoms with E-state index in [0.29, 0.717) is 22.3 Å². The summed E-state index contributed by atoms with van der Waals surface area (Å²) in [5.74, 6) is -0.275. The van der Waals surface area contributed by atoms with Crippen LogP contribution in [0.25, 0.3) is 10.6 Å². The second-order valence-corrected chi connectivity index (χ2v) is 7.48. The van der Waals surface area contributed by atoms with Gasteiger partial charge in [0, 0.05) is 35.1 Å². The molecule has 0 unspecified atom stereocenters. The summed E-state index contributed by atoms with van der Waals surface area (Å²) in [7, 11) is 3.22. The van der Waals surface area contributed by atoms with E-state index in [1.807, 2.05) is 36.4 Å². The van der Waals surface area contributed by atoms with Gasteiger partial charge in [-0.1, -0.05) is 41.9 Å². The zero-order valence-corrected chi connectivity index (χ0v) is 17.5. The molecular formula is C21H19ClN2O4S. The predicted molar refractivity (Wildman–Crippen MR) is 112 cm³/mol. The molecule has 0 aliphatic heterocycles. The molecule has 0 fully saturated rings. The van der Waals surface area contributed by atoms with Crippen LogP contribution in [-0.4, -0.2) is 42.5 Å². The summed E-state index contributed by atoms with van der Waals surface area (Å²) in [6.45, 7) is -0.0233. The number of carbonyl (C=O) groups is 2. The Morgan fingerprint density at radius 1 is 1.17 bits per heavy atom. The first-order valence-corrected chi connectivity index (χ1v) is 9.98. The van der Waals surface area contributed by atoms with Crippen LogP contribution in [0, 0.1) is 0 Å². The number of benzene rings is 2. The smallest absolute Gasteiger partial charge is 0.358 e. The molecule has 6 nitrogen and oxygen atoms in total. The van der Waals surface area contributed by atoms with Crippen LogP contribution in [0.5, 0.6) is 5.75 Å². The molecule has 0 aliphatic carbocycles. The first kappa shape index (κ1) is 20.8. The minimum atomic E-state index is -0.645. The maximum atomic E-state index is 12.3. The molecule has 8 heteroatoms. The first-order valence-electron chi connectivity index (χ1n) is 8.72. The van der Waals surface area contributed by atoms with Crippen LogP contribution in [0.2, 0.25) is 5.02 Å². The van der Waals surface area contributed by atoms with E-state index in [9.17, 15) is 9.59 Å². The highest BCUT2D eigenvalue weighted by molar-refractivity contribution is 7.13. The molecule has 0 radical (unpaired) electrons. The number of thiazole rings is 1. The average Bonchev–Trinajstić information content (AvgIpc) is 3.22. The monoisotopic (exact) mass is 430 g/mol. The summed E-state index contributed by atoms with van der Waals surface area (Å²) in [6.07, 6.45) is 0. The lowest BCUT2D eigenvalue weighted by molar-refractivity contribution is -0.133. The Morgan fingerprint density at radius 2 is 1.97 bits per heavy atom. The molecule has 29 heavy (non-hydrogen) atoms. The van der Waals surface area contributed by atoms with Crippen molar-refractivity contribution in [1.29, 1.82) is 0 Å². The summed E-state index contributed by atoms with van der Waals surface area (Å²) in [6, 6.07) is 14.6. The minimum Gasteiger partial charge on any atom is -0.496 e. The van der Waals surface area contributed by atoms with Crippen molar-refractivity contribution in [2.24, 2.45) is 0 Å². The number of rotatable bonds is 7. The lowest BCUT2D eigenvalue weighted by atomic mass is 10.2. The topological polar surface area (TPSA) is 68.7 Å².